The molecular weight excluding hydrogens is 1250 g/mol. The molecule has 20 aromatic rings. The maximum atomic E-state index is 6.98. The van der Waals surface area contributed by atoms with Gasteiger partial charge in [0, 0.05) is 112 Å². The first kappa shape index (κ1) is 55.6. The topological polar surface area (TPSA) is 39.4 Å². The summed E-state index contributed by atoms with van der Waals surface area (Å²) in [6.45, 7) is 0. The summed E-state index contributed by atoms with van der Waals surface area (Å²) in [5.41, 5.74) is 25.5. The van der Waals surface area contributed by atoms with E-state index >= 15 is 0 Å². The van der Waals surface area contributed by atoms with Gasteiger partial charge in [-0.2, -0.15) is 0 Å². The molecule has 14 aromatic carbocycles. The molecule has 0 fully saturated rings. The Balaban J connectivity index is 0.000000136. The molecule has 0 aliphatic carbocycles. The van der Waals surface area contributed by atoms with Gasteiger partial charge in [-0.3, -0.25) is 0 Å². The van der Waals surface area contributed by atoms with Gasteiger partial charge in [0.25, 0.3) is 0 Å². The van der Waals surface area contributed by atoms with Gasteiger partial charge in [-0.25, -0.2) is 0 Å². The van der Waals surface area contributed by atoms with Gasteiger partial charge in [-0.1, -0.05) is 231 Å². The zero-order chi connectivity index (χ0) is 64.1. The fourth-order valence-corrected chi connectivity index (χ4v) is 20.4. The van der Waals surface area contributed by atoms with Crippen LogP contribution in [0.25, 0.3) is 162 Å². The third-order valence-corrected chi connectivity index (χ3v) is 24.3. The number of thiophene rings is 2. The zero-order valence-corrected chi connectivity index (χ0v) is 55.1. The lowest BCUT2D eigenvalue weighted by atomic mass is 9.94. The minimum Gasteiger partial charge on any atom is -0.453 e. The summed E-state index contributed by atoms with van der Waals surface area (Å²) in [4.78, 5) is 3.97. The van der Waals surface area contributed by atoms with E-state index in [0.29, 0.717) is 5.25 Å². The number of thioether (sulfide) groups is 1. The lowest BCUT2D eigenvalue weighted by Gasteiger charge is -2.27. The first-order chi connectivity index (χ1) is 48.7. The largest absolute Gasteiger partial charge is 0.453 e. The van der Waals surface area contributed by atoms with Crippen molar-refractivity contribution in [3.8, 4) is 55.9 Å². The number of hydrogen-bond donors (Lipinski definition) is 0. The Hall–Kier alpha value is -11.7. The Morgan fingerprint density at radius 2 is 0.704 bits per heavy atom. The zero-order valence-electron chi connectivity index (χ0n) is 52.6. The number of para-hydroxylation sites is 8. The van der Waals surface area contributed by atoms with Crippen LogP contribution in [-0.2, 0) is 0 Å². The number of benzene rings is 14. The van der Waals surface area contributed by atoms with Gasteiger partial charge in [0.1, 0.15) is 22.2 Å². The highest BCUT2D eigenvalue weighted by molar-refractivity contribution is 8.00. The van der Waals surface area contributed by atoms with Crippen molar-refractivity contribution in [3.63, 3.8) is 0 Å². The molecule has 0 radical (unpaired) electrons. The molecule has 2 aliphatic heterocycles. The molecule has 460 valence electrons. The first-order valence-electron chi connectivity index (χ1n) is 33.4. The van der Waals surface area contributed by atoms with Crippen LogP contribution in [0.5, 0.6) is 0 Å². The van der Waals surface area contributed by atoms with E-state index < -0.39 is 0 Å². The molecule has 5 nitrogen and oxygen atoms in total. The van der Waals surface area contributed by atoms with Crippen LogP contribution in [-0.4, -0.2) is 9.13 Å². The summed E-state index contributed by atoms with van der Waals surface area (Å²) in [5, 5.41) is 9.95. The van der Waals surface area contributed by atoms with Crippen molar-refractivity contribution >= 4 is 152 Å². The van der Waals surface area contributed by atoms with E-state index in [-0.39, 0.29) is 6.04 Å². The van der Waals surface area contributed by atoms with E-state index in [1.54, 1.807) is 0 Å². The average Bonchev–Trinajstić information content (AvgIpc) is 1.57. The summed E-state index contributed by atoms with van der Waals surface area (Å²) in [6.07, 6.45) is 0. The van der Waals surface area contributed by atoms with E-state index in [9.17, 15) is 0 Å². The smallest absolute Gasteiger partial charge is 0.161 e. The highest BCUT2D eigenvalue weighted by atomic mass is 32.2. The van der Waals surface area contributed by atoms with Crippen LogP contribution < -0.4 is 4.90 Å². The molecule has 8 heterocycles. The maximum Gasteiger partial charge on any atom is 0.161 e. The lowest BCUT2D eigenvalue weighted by Crippen LogP contribution is -2.19. The predicted octanol–water partition coefficient (Wildman–Crippen LogP) is 26.5. The van der Waals surface area contributed by atoms with E-state index in [1.165, 1.54) is 101 Å². The normalized spacial score (nSPS) is 14.3. The van der Waals surface area contributed by atoms with Gasteiger partial charge in [-0.15, -0.1) is 34.4 Å². The Labute approximate surface area is 575 Å². The number of fused-ring (bicyclic) bond motifs is 21. The van der Waals surface area contributed by atoms with E-state index in [4.69, 9.17) is 8.83 Å². The van der Waals surface area contributed by atoms with Crippen molar-refractivity contribution in [3.05, 3.63) is 333 Å². The second-order valence-electron chi connectivity index (χ2n) is 25.6. The van der Waals surface area contributed by atoms with Crippen molar-refractivity contribution in [1.82, 2.24) is 9.13 Å². The third kappa shape index (κ3) is 8.26. The molecule has 22 rings (SSSR count). The first-order valence-corrected chi connectivity index (χ1v) is 35.9. The van der Waals surface area contributed by atoms with Crippen LogP contribution >= 0.6 is 34.4 Å². The Kier molecular flexibility index (Phi) is 12.5. The highest BCUT2D eigenvalue weighted by Gasteiger charge is 2.47. The predicted molar refractivity (Wildman–Crippen MR) is 415 cm³/mol. The van der Waals surface area contributed by atoms with Gasteiger partial charge in [-0.05, 0) is 124 Å². The van der Waals surface area contributed by atoms with Gasteiger partial charge in [0.15, 0.2) is 11.2 Å². The minimum atomic E-state index is 0.283. The summed E-state index contributed by atoms with van der Waals surface area (Å²) < 4.78 is 23.8. The summed E-state index contributed by atoms with van der Waals surface area (Å²) in [7, 11) is 0. The van der Waals surface area contributed by atoms with Crippen LogP contribution in [0.4, 0.5) is 11.4 Å². The highest BCUT2D eigenvalue weighted by Crippen LogP contribution is 2.66. The van der Waals surface area contributed by atoms with Gasteiger partial charge >= 0.3 is 0 Å². The molecule has 2 atom stereocenters. The molecule has 0 spiro atoms. The SMILES string of the molecule is c1ccc(-n2c3ccccc3c3oc4c(-c5cccc6c5sc5c(-c7cccc8c7oc7c9ccccc9n(-c9ccccc9)c87)cccc56)cccc4c32)cc1.c1ccc(N2c3ccccc3C3Sc4c(-c5cccc(-c6cccc7c6sc6ccccc67)c5)cccc4C32)cc1. The molecule has 0 bridgehead atoms. The fraction of sp³-hybridized carbons (Fsp3) is 0.0222. The number of aromatic nitrogens is 2. The number of nitrogens with zero attached hydrogens (tertiary/aromatic N) is 3. The number of furan rings is 2. The van der Waals surface area contributed by atoms with Gasteiger partial charge in [0.05, 0.1) is 22.3 Å². The average molecular weight is 1310 g/mol. The summed E-state index contributed by atoms with van der Waals surface area (Å²) in [6, 6.07) is 116. The quantitative estimate of drug-likeness (QED) is 0.159. The number of rotatable bonds is 7. The Morgan fingerprint density at radius 3 is 1.31 bits per heavy atom. The Bertz CT molecular complexity index is 6380. The molecule has 0 saturated heterocycles. The molecule has 0 amide bonds. The second-order valence-corrected chi connectivity index (χ2v) is 28.8. The van der Waals surface area contributed by atoms with E-state index in [2.05, 4.69) is 336 Å². The minimum absolute atomic E-state index is 0.283. The van der Waals surface area contributed by atoms with Crippen LogP contribution in [0.1, 0.15) is 22.4 Å². The molecule has 2 unspecified atom stereocenters. The van der Waals surface area contributed by atoms with Crippen molar-refractivity contribution in [2.45, 2.75) is 16.2 Å². The standard InChI is InChI=1S/C52H30N2O2S.C38H25NS2/c1-3-15-31(16-4-1)53-43-29-9-7-19-39(43)49-45(53)41-27-11-21-33(47(41)55-49)35-23-13-25-37-38-26-14-24-36(52(38)57-51(35)37)34-22-12-28-42-46-50(56-48(34)42)40-20-8-10-30-44(40)54(46)32-17-5-2-6-18-32;1-2-13-26(14-3-1)39-33-21-6-4-16-31(33)38-35(39)32-20-10-18-28(37(32)41-38)25-12-8-11-24(23-25)27-17-9-19-30-29-15-5-7-22-34(29)40-36(27)30/h1-30H;1-23,35,38H. The van der Waals surface area contributed by atoms with Crippen LogP contribution in [0.3, 0.4) is 0 Å². The van der Waals surface area contributed by atoms with Crippen molar-refractivity contribution in [2.75, 3.05) is 4.90 Å². The molecule has 6 aromatic heterocycles. The van der Waals surface area contributed by atoms with Crippen LogP contribution in [0, 0.1) is 0 Å². The molecule has 0 N–H and O–H groups in total. The van der Waals surface area contributed by atoms with Crippen molar-refractivity contribution < 1.29 is 8.83 Å². The molecule has 98 heavy (non-hydrogen) atoms. The second kappa shape index (κ2) is 21.9. The molecule has 0 saturated carbocycles. The van der Waals surface area contributed by atoms with Crippen molar-refractivity contribution in [1.29, 1.82) is 0 Å². The monoisotopic (exact) mass is 1310 g/mol. The van der Waals surface area contributed by atoms with Gasteiger partial charge in [0.2, 0.25) is 0 Å². The third-order valence-electron chi connectivity index (χ3n) is 20.3. The molecule has 2 aliphatic rings. The lowest BCUT2D eigenvalue weighted by molar-refractivity contribution is 0.673. The summed E-state index contributed by atoms with van der Waals surface area (Å²) >= 11 is 5.79. The van der Waals surface area contributed by atoms with Crippen LogP contribution in [0.2, 0.25) is 0 Å². The summed E-state index contributed by atoms with van der Waals surface area (Å²) in [5.74, 6) is 0. The molecular formula is C90H55N3O2S3. The number of anilines is 2. The fourth-order valence-electron chi connectivity index (χ4n) is 16.2. The number of hydrogen-bond acceptors (Lipinski definition) is 6. The van der Waals surface area contributed by atoms with Crippen molar-refractivity contribution in [2.24, 2.45) is 0 Å². The maximum absolute atomic E-state index is 6.98. The van der Waals surface area contributed by atoms with E-state index in [1.807, 2.05) is 34.4 Å². The van der Waals surface area contributed by atoms with E-state index in [0.717, 1.165) is 88.4 Å². The Morgan fingerprint density at radius 1 is 0.286 bits per heavy atom. The molecule has 8 heteroatoms. The van der Waals surface area contributed by atoms with Crippen LogP contribution in [0.15, 0.2) is 335 Å². The van der Waals surface area contributed by atoms with Gasteiger partial charge < -0.3 is 22.9 Å².